The molecule has 1 aliphatic carbocycles. The van der Waals surface area contributed by atoms with Crippen molar-refractivity contribution in [3.05, 3.63) is 23.9 Å². The molecule has 2 atom stereocenters. The van der Waals surface area contributed by atoms with E-state index >= 15 is 0 Å². The molecule has 6 nitrogen and oxygen atoms in total. The van der Waals surface area contributed by atoms with Crippen molar-refractivity contribution in [3.63, 3.8) is 0 Å². The van der Waals surface area contributed by atoms with E-state index in [0.717, 1.165) is 45.2 Å². The van der Waals surface area contributed by atoms with Crippen LogP contribution in [-0.2, 0) is 4.79 Å². The molecule has 1 saturated carbocycles. The molecule has 1 aromatic rings. The lowest BCUT2D eigenvalue weighted by molar-refractivity contribution is -0.149. The number of anilines is 1. The Morgan fingerprint density at radius 3 is 2.72 bits per heavy atom. The Hall–Kier alpha value is -2.11. The van der Waals surface area contributed by atoms with Crippen LogP contribution in [0.15, 0.2) is 18.3 Å². The molecule has 3 fully saturated rings. The van der Waals surface area contributed by atoms with Gasteiger partial charge in [0, 0.05) is 32.4 Å². The highest BCUT2D eigenvalue weighted by molar-refractivity contribution is 5.99. The topological polar surface area (TPSA) is 73.7 Å². The maximum absolute atomic E-state index is 13.0. The van der Waals surface area contributed by atoms with Gasteiger partial charge in [-0.25, -0.2) is 4.98 Å². The van der Waals surface area contributed by atoms with Crippen LogP contribution in [0.4, 0.5) is 5.82 Å². The zero-order chi connectivity index (χ0) is 17.4. The van der Waals surface area contributed by atoms with Crippen molar-refractivity contribution in [2.75, 3.05) is 31.1 Å². The smallest absolute Gasteiger partial charge is 0.311 e. The van der Waals surface area contributed by atoms with Gasteiger partial charge in [0.25, 0.3) is 5.91 Å². The first-order chi connectivity index (χ1) is 12.1. The minimum atomic E-state index is -0.697. The number of hydrogen-bond donors (Lipinski definition) is 1. The first-order valence-electron chi connectivity index (χ1n) is 9.34. The van der Waals surface area contributed by atoms with Crippen LogP contribution in [0.25, 0.3) is 0 Å². The predicted octanol–water partition coefficient (Wildman–Crippen LogP) is 2.40. The fourth-order valence-electron chi connectivity index (χ4n) is 4.88. The molecular formula is C19H25N3O3. The minimum Gasteiger partial charge on any atom is -0.481 e. The number of aromatic nitrogens is 1. The van der Waals surface area contributed by atoms with Gasteiger partial charge in [-0.3, -0.25) is 9.59 Å². The molecule has 2 saturated heterocycles. The van der Waals surface area contributed by atoms with E-state index in [1.807, 2.05) is 15.9 Å². The van der Waals surface area contributed by atoms with E-state index in [1.54, 1.807) is 12.3 Å². The van der Waals surface area contributed by atoms with Crippen LogP contribution in [-0.4, -0.2) is 53.0 Å². The SMILES string of the molecule is O=C(c1cccnc1N1C[C@@H]2CCC[C@@]2(C(=O)O)C1)N1CCCCC1. The van der Waals surface area contributed by atoms with Gasteiger partial charge in [-0.05, 0) is 50.2 Å². The quantitative estimate of drug-likeness (QED) is 0.912. The Morgan fingerprint density at radius 2 is 2.00 bits per heavy atom. The second kappa shape index (κ2) is 6.32. The summed E-state index contributed by atoms with van der Waals surface area (Å²) >= 11 is 0. The molecule has 6 heteroatoms. The van der Waals surface area contributed by atoms with Crippen LogP contribution in [0.1, 0.15) is 48.9 Å². The molecule has 0 unspecified atom stereocenters. The highest BCUT2D eigenvalue weighted by Crippen LogP contribution is 2.50. The van der Waals surface area contributed by atoms with Crippen LogP contribution in [0.3, 0.4) is 0 Å². The van der Waals surface area contributed by atoms with Crippen molar-refractivity contribution in [1.29, 1.82) is 0 Å². The third-order valence-corrected chi connectivity index (χ3v) is 6.26. The predicted molar refractivity (Wildman–Crippen MR) is 93.6 cm³/mol. The fourth-order valence-corrected chi connectivity index (χ4v) is 4.88. The second-order valence-electron chi connectivity index (χ2n) is 7.66. The third-order valence-electron chi connectivity index (χ3n) is 6.26. The van der Waals surface area contributed by atoms with Crippen LogP contribution < -0.4 is 4.90 Å². The Bertz CT molecular complexity index is 686. The molecule has 134 valence electrons. The first kappa shape index (κ1) is 16.4. The average Bonchev–Trinajstić information content (AvgIpc) is 3.20. The Balaban J connectivity index is 1.62. The van der Waals surface area contributed by atoms with Gasteiger partial charge in [-0.15, -0.1) is 0 Å². The standard InChI is InChI=1S/C19H25N3O3/c23-17(21-10-2-1-3-11-21)15-7-5-9-20-16(15)22-12-14-6-4-8-19(14,13-22)18(24)25/h5,7,9,14H,1-4,6,8,10-13H2,(H,24,25)/t14-,19+/m0/s1. The summed E-state index contributed by atoms with van der Waals surface area (Å²) in [6.45, 7) is 2.75. The third kappa shape index (κ3) is 2.68. The van der Waals surface area contributed by atoms with Crippen molar-refractivity contribution >= 4 is 17.7 Å². The molecule has 3 aliphatic rings. The fraction of sp³-hybridized carbons (Fsp3) is 0.632. The lowest BCUT2D eigenvalue weighted by Gasteiger charge is -2.29. The molecule has 4 rings (SSSR count). The molecule has 0 radical (unpaired) electrons. The number of aliphatic carboxylic acids is 1. The Labute approximate surface area is 147 Å². The molecular weight excluding hydrogens is 318 g/mol. The number of carboxylic acid groups (broad SMARTS) is 1. The number of likely N-dealkylation sites (tertiary alicyclic amines) is 1. The minimum absolute atomic E-state index is 0.0317. The van der Waals surface area contributed by atoms with E-state index in [2.05, 4.69) is 4.98 Å². The van der Waals surface area contributed by atoms with Gasteiger partial charge in [-0.1, -0.05) is 6.42 Å². The van der Waals surface area contributed by atoms with Gasteiger partial charge in [-0.2, -0.15) is 0 Å². The molecule has 3 heterocycles. The number of carbonyl (C=O) groups excluding carboxylic acids is 1. The van der Waals surface area contributed by atoms with Gasteiger partial charge in [0.2, 0.25) is 0 Å². The van der Waals surface area contributed by atoms with Crippen molar-refractivity contribution < 1.29 is 14.7 Å². The molecule has 1 N–H and O–H groups in total. The zero-order valence-electron chi connectivity index (χ0n) is 14.5. The maximum atomic E-state index is 13.0. The van der Waals surface area contributed by atoms with Gasteiger partial charge < -0.3 is 14.9 Å². The maximum Gasteiger partial charge on any atom is 0.311 e. The summed E-state index contributed by atoms with van der Waals surface area (Å²) < 4.78 is 0. The summed E-state index contributed by atoms with van der Waals surface area (Å²) in [4.78, 5) is 33.3. The first-order valence-corrected chi connectivity index (χ1v) is 9.34. The van der Waals surface area contributed by atoms with E-state index < -0.39 is 11.4 Å². The summed E-state index contributed by atoms with van der Waals surface area (Å²) in [6, 6.07) is 3.63. The number of nitrogens with zero attached hydrogens (tertiary/aromatic N) is 3. The van der Waals surface area contributed by atoms with Gasteiger partial charge in [0.1, 0.15) is 5.82 Å². The monoisotopic (exact) mass is 343 g/mol. The van der Waals surface area contributed by atoms with Crippen LogP contribution >= 0.6 is 0 Å². The summed E-state index contributed by atoms with van der Waals surface area (Å²) in [7, 11) is 0. The molecule has 2 aliphatic heterocycles. The number of fused-ring (bicyclic) bond motifs is 1. The number of carbonyl (C=O) groups is 2. The number of piperidine rings is 1. The second-order valence-corrected chi connectivity index (χ2v) is 7.66. The number of carboxylic acids is 1. The zero-order valence-corrected chi connectivity index (χ0v) is 14.5. The highest BCUT2D eigenvalue weighted by Gasteiger charge is 2.55. The van der Waals surface area contributed by atoms with Gasteiger partial charge in [0.15, 0.2) is 0 Å². The Kier molecular flexibility index (Phi) is 4.13. The summed E-state index contributed by atoms with van der Waals surface area (Å²) in [5, 5.41) is 9.80. The molecule has 0 aromatic carbocycles. The summed E-state index contributed by atoms with van der Waals surface area (Å²) in [5.74, 6) is 0.152. The molecule has 0 bridgehead atoms. The van der Waals surface area contributed by atoms with E-state index in [0.29, 0.717) is 24.5 Å². The van der Waals surface area contributed by atoms with Crippen molar-refractivity contribution in [3.8, 4) is 0 Å². The number of amides is 1. The van der Waals surface area contributed by atoms with Crippen molar-refractivity contribution in [2.24, 2.45) is 11.3 Å². The lowest BCUT2D eigenvalue weighted by Crippen LogP contribution is -2.38. The van der Waals surface area contributed by atoms with Crippen LogP contribution in [0.5, 0.6) is 0 Å². The normalized spacial score (nSPS) is 28.9. The molecule has 1 amide bonds. The van der Waals surface area contributed by atoms with E-state index in [-0.39, 0.29) is 11.8 Å². The summed E-state index contributed by atoms with van der Waals surface area (Å²) in [6.07, 6.45) is 7.64. The van der Waals surface area contributed by atoms with E-state index in [4.69, 9.17) is 0 Å². The number of hydrogen-bond acceptors (Lipinski definition) is 4. The average molecular weight is 343 g/mol. The highest BCUT2D eigenvalue weighted by atomic mass is 16.4. The van der Waals surface area contributed by atoms with E-state index in [1.165, 1.54) is 6.42 Å². The van der Waals surface area contributed by atoms with Crippen molar-refractivity contribution in [2.45, 2.75) is 38.5 Å². The van der Waals surface area contributed by atoms with Gasteiger partial charge >= 0.3 is 5.97 Å². The van der Waals surface area contributed by atoms with E-state index in [9.17, 15) is 14.7 Å². The van der Waals surface area contributed by atoms with Gasteiger partial charge in [0.05, 0.1) is 11.0 Å². The Morgan fingerprint density at radius 1 is 1.20 bits per heavy atom. The van der Waals surface area contributed by atoms with Crippen LogP contribution in [0, 0.1) is 11.3 Å². The molecule has 25 heavy (non-hydrogen) atoms. The largest absolute Gasteiger partial charge is 0.481 e. The summed E-state index contributed by atoms with van der Waals surface area (Å²) in [5.41, 5.74) is -0.0481. The number of rotatable bonds is 3. The van der Waals surface area contributed by atoms with Crippen molar-refractivity contribution in [1.82, 2.24) is 9.88 Å². The lowest BCUT2D eigenvalue weighted by atomic mass is 9.81. The van der Waals surface area contributed by atoms with Crippen LogP contribution in [0.2, 0.25) is 0 Å². The molecule has 0 spiro atoms. The molecule has 1 aromatic heterocycles. The number of pyridine rings is 1.